The molecule has 2 atom stereocenters. The maximum absolute atomic E-state index is 5.29. The summed E-state index contributed by atoms with van der Waals surface area (Å²) in [4.78, 5) is 9.88. The van der Waals surface area contributed by atoms with Gasteiger partial charge in [-0.3, -0.25) is 9.98 Å². The first-order chi connectivity index (χ1) is 13.1. The van der Waals surface area contributed by atoms with Crippen LogP contribution < -0.4 is 0 Å². The molecule has 0 radical (unpaired) electrons. The van der Waals surface area contributed by atoms with Crippen molar-refractivity contribution >= 4 is 16.8 Å². The number of nitrogens with zero attached hydrogens (tertiary/aromatic N) is 2. The normalized spacial score (nSPS) is 32.4. The van der Waals surface area contributed by atoms with E-state index in [0.717, 1.165) is 10.7 Å². The second kappa shape index (κ2) is 5.11. The van der Waals surface area contributed by atoms with E-state index in [1.54, 1.807) is 0 Å². The van der Waals surface area contributed by atoms with Crippen molar-refractivity contribution in [1.29, 1.82) is 0 Å². The lowest BCUT2D eigenvalue weighted by atomic mass is 9.48. The molecule has 2 nitrogen and oxygen atoms in total. The van der Waals surface area contributed by atoms with Gasteiger partial charge in [0, 0.05) is 22.3 Å². The Balaban J connectivity index is 1.64. The van der Waals surface area contributed by atoms with Gasteiger partial charge in [-0.15, -0.1) is 0 Å². The highest BCUT2D eigenvalue weighted by Gasteiger charge is 2.64. The Bertz CT molecular complexity index is 1050. The van der Waals surface area contributed by atoms with Crippen molar-refractivity contribution in [3.8, 4) is 0 Å². The maximum atomic E-state index is 5.29. The molecule has 0 N–H and O–H groups in total. The largest absolute Gasteiger partial charge is 0.270 e. The lowest BCUT2D eigenvalue weighted by Crippen LogP contribution is -2.61. The van der Waals surface area contributed by atoms with Crippen LogP contribution in [0, 0.1) is 0 Å². The summed E-state index contributed by atoms with van der Waals surface area (Å²) in [6.45, 7) is 4.82. The molecule has 4 aliphatic rings. The van der Waals surface area contributed by atoms with Gasteiger partial charge in [-0.2, -0.15) is 0 Å². The van der Waals surface area contributed by atoms with Crippen LogP contribution in [0.3, 0.4) is 0 Å². The minimum absolute atomic E-state index is 0.0414. The lowest BCUT2D eigenvalue weighted by molar-refractivity contribution is 0.298. The standard InChI is InChI=1S/C24H20N2S/c1-23-15-9-3-5-11-17(15)24(2,18-12-6-4-10-16(18)23)21-20(23)26-22(27-21)19-13-7-8-14-25-19/h3-14,20-21H,1-2H3/t20-,21+,23?,24?/m0/s1. The van der Waals surface area contributed by atoms with Crippen molar-refractivity contribution in [2.75, 3.05) is 0 Å². The third kappa shape index (κ3) is 1.74. The van der Waals surface area contributed by atoms with Crippen LogP contribution in [0.4, 0.5) is 0 Å². The van der Waals surface area contributed by atoms with Crippen molar-refractivity contribution < 1.29 is 0 Å². The molecule has 3 heteroatoms. The van der Waals surface area contributed by atoms with Gasteiger partial charge in [0.15, 0.2) is 0 Å². The monoisotopic (exact) mass is 368 g/mol. The van der Waals surface area contributed by atoms with Crippen LogP contribution in [0.25, 0.3) is 0 Å². The van der Waals surface area contributed by atoms with Crippen LogP contribution in [0.5, 0.6) is 0 Å². The van der Waals surface area contributed by atoms with E-state index >= 15 is 0 Å². The van der Waals surface area contributed by atoms with Crippen LogP contribution >= 0.6 is 11.8 Å². The van der Waals surface area contributed by atoms with Crippen molar-refractivity contribution in [1.82, 2.24) is 4.98 Å². The highest BCUT2D eigenvalue weighted by atomic mass is 32.2. The molecule has 0 unspecified atom stereocenters. The predicted octanol–water partition coefficient (Wildman–Crippen LogP) is 4.95. The molecule has 0 spiro atoms. The molecule has 2 bridgehead atoms. The van der Waals surface area contributed by atoms with Gasteiger partial charge in [0.2, 0.25) is 0 Å². The molecule has 0 saturated heterocycles. The molecule has 0 saturated carbocycles. The summed E-state index contributed by atoms with van der Waals surface area (Å²) in [5.41, 5.74) is 6.68. The van der Waals surface area contributed by atoms with Crippen molar-refractivity contribution in [3.63, 3.8) is 0 Å². The number of thioether (sulfide) groups is 1. The van der Waals surface area contributed by atoms with Gasteiger partial charge < -0.3 is 0 Å². The summed E-state index contributed by atoms with van der Waals surface area (Å²) in [6.07, 6.45) is 1.86. The fourth-order valence-electron chi connectivity index (χ4n) is 5.58. The Labute approximate surface area is 163 Å². The third-order valence-electron chi connectivity index (χ3n) is 6.92. The predicted molar refractivity (Wildman–Crippen MR) is 112 cm³/mol. The Morgan fingerprint density at radius 2 is 1.30 bits per heavy atom. The zero-order valence-corrected chi connectivity index (χ0v) is 16.2. The molecule has 0 fully saturated rings. The molecule has 3 aromatic rings. The molecule has 3 aliphatic carbocycles. The average molecular weight is 369 g/mol. The van der Waals surface area contributed by atoms with Crippen molar-refractivity contribution in [2.24, 2.45) is 4.99 Å². The summed E-state index contributed by atoms with van der Waals surface area (Å²) in [6, 6.07) is 24.4. The molecule has 0 amide bonds. The van der Waals surface area contributed by atoms with Gasteiger partial charge in [0.05, 0.1) is 11.7 Å². The zero-order chi connectivity index (χ0) is 18.2. The number of aliphatic imine (C=N–C) groups is 1. The van der Waals surface area contributed by atoms with E-state index in [9.17, 15) is 0 Å². The minimum atomic E-state index is -0.0981. The number of pyridine rings is 1. The summed E-state index contributed by atoms with van der Waals surface area (Å²) in [5, 5.41) is 1.48. The number of hydrogen-bond donors (Lipinski definition) is 0. The van der Waals surface area contributed by atoms with Crippen molar-refractivity contribution in [3.05, 3.63) is 101 Å². The molecule has 1 aromatic heterocycles. The van der Waals surface area contributed by atoms with Crippen LogP contribution in [0.1, 0.15) is 41.8 Å². The van der Waals surface area contributed by atoms with Crippen LogP contribution in [0.2, 0.25) is 0 Å². The fourth-order valence-corrected chi connectivity index (χ4v) is 7.19. The SMILES string of the molecule is CC12c3ccccc3C(C)(c3ccccc31)[C@H]1N=C(c3ccccn3)S[C@H]12. The lowest BCUT2D eigenvalue weighted by Gasteiger charge is -2.58. The highest BCUT2D eigenvalue weighted by Crippen LogP contribution is 2.64. The highest BCUT2D eigenvalue weighted by molar-refractivity contribution is 8.15. The second-order valence-electron chi connectivity index (χ2n) is 8.13. The van der Waals surface area contributed by atoms with Gasteiger partial charge in [-0.05, 0) is 41.3 Å². The molecular formula is C24H20N2S. The van der Waals surface area contributed by atoms with Gasteiger partial charge >= 0.3 is 0 Å². The summed E-state index contributed by atoms with van der Waals surface area (Å²) >= 11 is 1.92. The number of rotatable bonds is 1. The Morgan fingerprint density at radius 3 is 1.85 bits per heavy atom. The summed E-state index contributed by atoms with van der Waals surface area (Å²) in [7, 11) is 0. The minimum Gasteiger partial charge on any atom is -0.270 e. The topological polar surface area (TPSA) is 25.2 Å². The smallest absolute Gasteiger partial charge is 0.117 e. The number of aromatic nitrogens is 1. The van der Waals surface area contributed by atoms with E-state index in [1.807, 2.05) is 24.0 Å². The third-order valence-corrected chi connectivity index (χ3v) is 8.44. The first-order valence-electron chi connectivity index (χ1n) is 9.51. The Kier molecular flexibility index (Phi) is 2.96. The first-order valence-corrected chi connectivity index (χ1v) is 10.4. The van der Waals surface area contributed by atoms with Gasteiger partial charge in [-0.1, -0.05) is 73.3 Å². The van der Waals surface area contributed by atoms with E-state index in [0.29, 0.717) is 5.25 Å². The number of benzene rings is 2. The second-order valence-corrected chi connectivity index (χ2v) is 9.26. The van der Waals surface area contributed by atoms with E-state index < -0.39 is 0 Å². The van der Waals surface area contributed by atoms with Crippen LogP contribution in [-0.2, 0) is 10.8 Å². The molecule has 1 aliphatic heterocycles. The Hall–Kier alpha value is -2.39. The fraction of sp³-hybridized carbons (Fsp3) is 0.250. The molecule has 2 aromatic carbocycles. The van der Waals surface area contributed by atoms with E-state index in [4.69, 9.17) is 4.99 Å². The Morgan fingerprint density at radius 1 is 0.741 bits per heavy atom. The van der Waals surface area contributed by atoms with Crippen molar-refractivity contribution in [2.45, 2.75) is 36.0 Å². The first kappa shape index (κ1) is 15.6. The van der Waals surface area contributed by atoms with Gasteiger partial charge in [0.1, 0.15) is 5.04 Å². The molecule has 7 rings (SSSR count). The van der Waals surface area contributed by atoms with E-state index in [1.165, 1.54) is 22.3 Å². The van der Waals surface area contributed by atoms with Gasteiger partial charge in [0.25, 0.3) is 0 Å². The summed E-state index contributed by atoms with van der Waals surface area (Å²) in [5.74, 6) is 0. The maximum Gasteiger partial charge on any atom is 0.117 e. The van der Waals surface area contributed by atoms with Crippen LogP contribution in [-0.4, -0.2) is 21.3 Å². The number of hydrogen-bond acceptors (Lipinski definition) is 3. The molecule has 132 valence electrons. The molecule has 27 heavy (non-hydrogen) atoms. The van der Waals surface area contributed by atoms with E-state index in [2.05, 4.69) is 79.5 Å². The average Bonchev–Trinajstić information content (AvgIpc) is 3.20. The molecule has 2 heterocycles. The van der Waals surface area contributed by atoms with E-state index in [-0.39, 0.29) is 16.9 Å². The van der Waals surface area contributed by atoms with Gasteiger partial charge in [-0.25, -0.2) is 0 Å². The quantitative estimate of drug-likeness (QED) is 0.607. The summed E-state index contributed by atoms with van der Waals surface area (Å²) < 4.78 is 0. The zero-order valence-electron chi connectivity index (χ0n) is 15.4. The van der Waals surface area contributed by atoms with Crippen LogP contribution in [0.15, 0.2) is 77.9 Å². The molecular weight excluding hydrogens is 348 g/mol.